The Labute approximate surface area is 200 Å². The predicted molar refractivity (Wildman–Crippen MR) is 128 cm³/mol. The molecule has 3 fully saturated rings. The maximum Gasteiger partial charge on any atom is 0.410 e. The van der Waals surface area contributed by atoms with Crippen molar-refractivity contribution < 1.29 is 23.9 Å². The lowest BCUT2D eigenvalue weighted by Crippen LogP contribution is -2.51. The Balaban J connectivity index is 1.69. The second-order valence-electron chi connectivity index (χ2n) is 11.2. The number of rotatable bonds is 7. The Morgan fingerprint density at radius 2 is 1.42 bits per heavy atom. The molecule has 0 N–H and O–H groups in total. The van der Waals surface area contributed by atoms with Crippen molar-refractivity contribution in [2.24, 2.45) is 5.92 Å². The Morgan fingerprint density at radius 1 is 0.879 bits per heavy atom. The number of carbonyl (C=O) groups is 2. The molecule has 1 heterocycles. The third-order valence-electron chi connectivity index (χ3n) is 7.51. The Morgan fingerprint density at radius 3 is 1.91 bits per heavy atom. The minimum absolute atomic E-state index is 0.190. The van der Waals surface area contributed by atoms with Gasteiger partial charge >= 0.3 is 12.1 Å². The highest BCUT2D eigenvalue weighted by atomic mass is 16.7. The Bertz CT molecular complexity index is 619. The first-order valence-electron chi connectivity index (χ1n) is 13.2. The van der Waals surface area contributed by atoms with Crippen molar-refractivity contribution in [2.75, 3.05) is 13.7 Å². The van der Waals surface area contributed by atoms with Crippen LogP contribution in [0, 0.1) is 5.92 Å². The zero-order chi connectivity index (χ0) is 24.0. The summed E-state index contributed by atoms with van der Waals surface area (Å²) in [4.78, 5) is 34.2. The molecule has 2 saturated carbocycles. The minimum Gasteiger partial charge on any atom is -0.444 e. The number of hydrogen-bond acceptors (Lipinski definition) is 6. The van der Waals surface area contributed by atoms with Crippen LogP contribution in [0.5, 0.6) is 0 Å². The summed E-state index contributed by atoms with van der Waals surface area (Å²) < 4.78 is 11.4. The highest BCUT2D eigenvalue weighted by Crippen LogP contribution is 2.32. The molecule has 3 atom stereocenters. The smallest absolute Gasteiger partial charge is 0.410 e. The fourth-order valence-corrected chi connectivity index (χ4v) is 5.82. The van der Waals surface area contributed by atoms with Gasteiger partial charge in [0, 0.05) is 25.7 Å². The van der Waals surface area contributed by atoms with Crippen molar-refractivity contribution >= 4 is 12.1 Å². The standard InChI is InChI=1S/C26H46N2O5/c1-19(23(31-5)22-17-12-18-27(22)25(30)32-26(2,3)4)24(29)33-28(20-13-8-6-9-14-20)21-15-10-7-11-16-21/h19-23H,6-18H2,1-5H3/t19-,22-,23-/m0/s1. The molecule has 0 radical (unpaired) electrons. The van der Waals surface area contributed by atoms with Gasteiger partial charge in [0.25, 0.3) is 0 Å². The molecular formula is C26H46N2O5. The van der Waals surface area contributed by atoms with E-state index in [1.54, 1.807) is 12.0 Å². The second-order valence-corrected chi connectivity index (χ2v) is 11.2. The molecule has 7 heteroatoms. The summed E-state index contributed by atoms with van der Waals surface area (Å²) in [6.45, 7) is 8.11. The lowest BCUT2D eigenvalue weighted by atomic mass is 9.90. The first-order valence-corrected chi connectivity index (χ1v) is 13.2. The van der Waals surface area contributed by atoms with Crippen LogP contribution in [0.1, 0.15) is 105 Å². The van der Waals surface area contributed by atoms with Gasteiger partial charge in [0.1, 0.15) is 5.60 Å². The molecule has 3 rings (SSSR count). The zero-order valence-corrected chi connectivity index (χ0v) is 21.5. The Kier molecular flexibility index (Phi) is 9.45. The predicted octanol–water partition coefficient (Wildman–Crippen LogP) is 5.46. The molecule has 7 nitrogen and oxygen atoms in total. The van der Waals surface area contributed by atoms with Gasteiger partial charge in [-0.1, -0.05) is 38.5 Å². The van der Waals surface area contributed by atoms with Gasteiger partial charge in [-0.15, -0.1) is 5.06 Å². The van der Waals surface area contributed by atoms with Gasteiger partial charge in [-0.25, -0.2) is 9.59 Å². The van der Waals surface area contributed by atoms with E-state index < -0.39 is 17.6 Å². The van der Waals surface area contributed by atoms with Crippen LogP contribution in [0.3, 0.4) is 0 Å². The fourth-order valence-electron chi connectivity index (χ4n) is 5.82. The SMILES string of the molecule is CO[C@@H]([C@H](C)C(=O)ON(C1CCCCC1)C1CCCCC1)[C@@H]1CCCN1C(=O)OC(C)(C)C. The molecule has 0 unspecified atom stereocenters. The number of ether oxygens (including phenoxy) is 2. The molecule has 0 spiro atoms. The van der Waals surface area contributed by atoms with Gasteiger partial charge in [0.15, 0.2) is 0 Å². The maximum absolute atomic E-state index is 13.4. The van der Waals surface area contributed by atoms with Crippen LogP contribution < -0.4 is 0 Å². The van der Waals surface area contributed by atoms with Crippen molar-refractivity contribution in [3.63, 3.8) is 0 Å². The number of likely N-dealkylation sites (tertiary alicyclic amines) is 1. The van der Waals surface area contributed by atoms with E-state index in [1.165, 1.54) is 38.5 Å². The summed E-state index contributed by atoms with van der Waals surface area (Å²) in [6, 6.07) is 0.456. The molecule has 1 aliphatic heterocycles. The summed E-state index contributed by atoms with van der Waals surface area (Å²) in [7, 11) is 1.63. The molecule has 0 bridgehead atoms. The molecule has 2 aliphatic carbocycles. The van der Waals surface area contributed by atoms with E-state index >= 15 is 0 Å². The van der Waals surface area contributed by atoms with E-state index in [0.717, 1.165) is 38.5 Å². The maximum atomic E-state index is 13.4. The fraction of sp³-hybridized carbons (Fsp3) is 0.923. The number of amides is 1. The molecule has 0 aromatic carbocycles. The van der Waals surface area contributed by atoms with E-state index in [9.17, 15) is 9.59 Å². The third kappa shape index (κ3) is 7.08. The largest absolute Gasteiger partial charge is 0.444 e. The minimum atomic E-state index is -0.558. The van der Waals surface area contributed by atoms with Gasteiger partial charge < -0.3 is 19.2 Å². The van der Waals surface area contributed by atoms with E-state index in [1.807, 2.05) is 27.7 Å². The number of hydroxylamine groups is 2. The Hall–Kier alpha value is -1.34. The molecule has 0 aromatic rings. The van der Waals surface area contributed by atoms with Crippen LogP contribution in [0.2, 0.25) is 0 Å². The monoisotopic (exact) mass is 466 g/mol. The van der Waals surface area contributed by atoms with Crippen LogP contribution in [-0.2, 0) is 19.1 Å². The van der Waals surface area contributed by atoms with Gasteiger partial charge in [0.05, 0.1) is 18.1 Å². The van der Waals surface area contributed by atoms with E-state index in [-0.39, 0.29) is 18.1 Å². The van der Waals surface area contributed by atoms with Crippen LogP contribution >= 0.6 is 0 Å². The van der Waals surface area contributed by atoms with Gasteiger partial charge in [0.2, 0.25) is 0 Å². The topological polar surface area (TPSA) is 68.3 Å². The van der Waals surface area contributed by atoms with Crippen molar-refractivity contribution in [1.82, 2.24) is 9.96 Å². The quantitative estimate of drug-likeness (QED) is 0.464. The number of carbonyl (C=O) groups excluding carboxylic acids is 2. The number of hydrogen-bond donors (Lipinski definition) is 0. The highest BCUT2D eigenvalue weighted by Gasteiger charge is 2.43. The van der Waals surface area contributed by atoms with Gasteiger partial charge in [-0.05, 0) is 66.2 Å². The van der Waals surface area contributed by atoms with E-state index in [4.69, 9.17) is 14.3 Å². The molecule has 33 heavy (non-hydrogen) atoms. The van der Waals surface area contributed by atoms with Crippen molar-refractivity contribution in [3.8, 4) is 0 Å². The lowest BCUT2D eigenvalue weighted by Gasteiger charge is -2.41. The number of nitrogens with zero attached hydrogens (tertiary/aromatic N) is 2. The van der Waals surface area contributed by atoms with Crippen molar-refractivity contribution in [1.29, 1.82) is 0 Å². The average Bonchev–Trinajstić information content (AvgIpc) is 3.27. The summed E-state index contributed by atoms with van der Waals surface area (Å²) in [5.41, 5.74) is -0.558. The summed E-state index contributed by atoms with van der Waals surface area (Å²) in [5, 5.41) is 2.07. The third-order valence-corrected chi connectivity index (χ3v) is 7.51. The van der Waals surface area contributed by atoms with Crippen molar-refractivity contribution in [2.45, 2.75) is 135 Å². The normalized spacial score (nSPS) is 25.2. The van der Waals surface area contributed by atoms with E-state index in [0.29, 0.717) is 18.6 Å². The molecule has 1 amide bonds. The van der Waals surface area contributed by atoms with Crippen LogP contribution in [-0.4, -0.2) is 65.5 Å². The van der Waals surface area contributed by atoms with Crippen LogP contribution in [0.4, 0.5) is 4.79 Å². The number of methoxy groups -OCH3 is 1. The molecule has 0 aromatic heterocycles. The van der Waals surface area contributed by atoms with Crippen LogP contribution in [0.25, 0.3) is 0 Å². The first kappa shape index (κ1) is 26.3. The molecule has 3 aliphatic rings. The lowest BCUT2D eigenvalue weighted by molar-refractivity contribution is -0.230. The summed E-state index contributed by atoms with van der Waals surface area (Å²) >= 11 is 0. The summed E-state index contributed by atoms with van der Waals surface area (Å²) in [5.74, 6) is -0.716. The highest BCUT2D eigenvalue weighted by molar-refractivity contribution is 5.73. The zero-order valence-electron chi connectivity index (χ0n) is 21.5. The van der Waals surface area contributed by atoms with Gasteiger partial charge in [-0.3, -0.25) is 0 Å². The van der Waals surface area contributed by atoms with Crippen LogP contribution in [0.15, 0.2) is 0 Å². The second kappa shape index (κ2) is 11.9. The first-order chi connectivity index (χ1) is 15.7. The molecule has 1 saturated heterocycles. The molecule has 190 valence electrons. The van der Waals surface area contributed by atoms with Crippen molar-refractivity contribution in [3.05, 3.63) is 0 Å². The van der Waals surface area contributed by atoms with Gasteiger partial charge in [-0.2, -0.15) is 0 Å². The van der Waals surface area contributed by atoms with E-state index in [2.05, 4.69) is 5.06 Å². The molecular weight excluding hydrogens is 420 g/mol. The average molecular weight is 467 g/mol. The summed E-state index contributed by atoms with van der Waals surface area (Å²) in [6.07, 6.45) is 12.7.